The smallest absolute Gasteiger partial charge is 0.266 e. The van der Waals surface area contributed by atoms with Crippen LogP contribution in [0, 0.1) is 5.41 Å². The van der Waals surface area contributed by atoms with Crippen LogP contribution in [-0.4, -0.2) is 30.3 Å². The fourth-order valence-corrected chi connectivity index (χ4v) is 3.57. The minimum atomic E-state index is -3.67. The maximum Gasteiger partial charge on any atom is 0.266 e. The second-order valence-corrected chi connectivity index (χ2v) is 7.61. The van der Waals surface area contributed by atoms with Crippen LogP contribution in [0.4, 0.5) is 0 Å². The summed E-state index contributed by atoms with van der Waals surface area (Å²) in [6.45, 7) is 5.39. The van der Waals surface area contributed by atoms with Gasteiger partial charge in [0.15, 0.2) is 0 Å². The number of hydrogen-bond acceptors (Lipinski definition) is 4. The van der Waals surface area contributed by atoms with Crippen molar-refractivity contribution in [3.63, 3.8) is 0 Å². The van der Waals surface area contributed by atoms with Crippen molar-refractivity contribution >= 4 is 26.8 Å². The monoisotopic (exact) mass is 295 g/mol. The number of rotatable bonds is 3. The van der Waals surface area contributed by atoms with Crippen molar-refractivity contribution in [1.29, 1.82) is 0 Å². The van der Waals surface area contributed by atoms with E-state index in [4.69, 9.17) is 0 Å². The highest BCUT2D eigenvalue weighted by molar-refractivity contribution is 7.90. The zero-order valence-electron chi connectivity index (χ0n) is 11.6. The van der Waals surface area contributed by atoms with E-state index >= 15 is 0 Å². The lowest BCUT2D eigenvalue weighted by Crippen LogP contribution is -2.36. The van der Waals surface area contributed by atoms with Crippen molar-refractivity contribution in [3.8, 4) is 0 Å². The van der Waals surface area contributed by atoms with Gasteiger partial charge in [-0.05, 0) is 11.5 Å². The van der Waals surface area contributed by atoms with Gasteiger partial charge in [-0.3, -0.25) is 9.89 Å². The summed E-state index contributed by atoms with van der Waals surface area (Å²) in [5.41, 5.74) is 0.361. The highest BCUT2D eigenvalue weighted by Gasteiger charge is 2.24. The Labute approximate surface area is 117 Å². The van der Waals surface area contributed by atoms with E-state index in [-0.39, 0.29) is 11.3 Å². The van der Waals surface area contributed by atoms with Crippen molar-refractivity contribution in [2.45, 2.75) is 20.8 Å². The first-order valence-electron chi connectivity index (χ1n) is 6.15. The Hall–Kier alpha value is -1.89. The first kappa shape index (κ1) is 14.5. The number of para-hydroxylation sites is 1. The molecule has 7 heteroatoms. The first-order valence-corrected chi connectivity index (χ1v) is 7.80. The van der Waals surface area contributed by atoms with Gasteiger partial charge in [-0.25, -0.2) is 13.1 Å². The van der Waals surface area contributed by atoms with Gasteiger partial charge in [0.1, 0.15) is 0 Å². The zero-order valence-corrected chi connectivity index (χ0v) is 12.4. The first-order chi connectivity index (χ1) is 9.18. The Morgan fingerprint density at radius 3 is 2.70 bits per heavy atom. The number of fused-ring (bicyclic) bond motifs is 1. The van der Waals surface area contributed by atoms with E-state index in [1.54, 1.807) is 45.2 Å². The molecule has 0 aliphatic carbocycles. The van der Waals surface area contributed by atoms with Gasteiger partial charge in [0.05, 0.1) is 23.0 Å². The molecule has 2 N–H and O–H groups in total. The number of benzene rings is 1. The molecule has 6 nitrogen and oxygen atoms in total. The summed E-state index contributed by atoms with van der Waals surface area (Å²) >= 11 is 0. The van der Waals surface area contributed by atoms with Gasteiger partial charge in [-0.15, -0.1) is 0 Å². The number of H-pyrrole nitrogens is 1. The van der Waals surface area contributed by atoms with Crippen molar-refractivity contribution in [2.75, 3.05) is 5.75 Å². The van der Waals surface area contributed by atoms with Gasteiger partial charge < -0.3 is 0 Å². The molecule has 1 aromatic carbocycles. The molecule has 1 aromatic heterocycles. The van der Waals surface area contributed by atoms with E-state index < -0.39 is 21.3 Å². The van der Waals surface area contributed by atoms with E-state index in [2.05, 4.69) is 14.9 Å². The summed E-state index contributed by atoms with van der Waals surface area (Å²) < 4.78 is 26.0. The third kappa shape index (κ3) is 3.36. The lowest BCUT2D eigenvalue weighted by atomic mass is 10.0. The number of carbonyl (C=O) groups is 1. The molecule has 2 aromatic rings. The SMILES string of the molecule is CC(C)(C)CS(=O)(=O)NC(=O)c1cccc2cn[nH]c12. The number of aromatic amines is 1. The fourth-order valence-electron chi connectivity index (χ4n) is 1.96. The quantitative estimate of drug-likeness (QED) is 0.901. The Kier molecular flexibility index (Phi) is 3.56. The van der Waals surface area contributed by atoms with Crippen LogP contribution in [0.1, 0.15) is 31.1 Å². The molecule has 0 bridgehead atoms. The molecule has 0 radical (unpaired) electrons. The number of aromatic nitrogens is 2. The molecule has 0 fully saturated rings. The number of hydrogen-bond donors (Lipinski definition) is 2. The summed E-state index contributed by atoms with van der Waals surface area (Å²) in [5.74, 6) is -0.769. The van der Waals surface area contributed by atoms with Crippen molar-refractivity contribution < 1.29 is 13.2 Å². The summed E-state index contributed by atoms with van der Waals surface area (Å²) in [7, 11) is -3.67. The molecule has 0 atom stereocenters. The predicted octanol–water partition coefficient (Wildman–Crippen LogP) is 1.67. The van der Waals surface area contributed by atoms with Gasteiger partial charge >= 0.3 is 0 Å². The number of carbonyl (C=O) groups excluding carboxylic acids is 1. The van der Waals surface area contributed by atoms with Gasteiger partial charge in [-0.2, -0.15) is 5.10 Å². The predicted molar refractivity (Wildman–Crippen MR) is 76.8 cm³/mol. The highest BCUT2D eigenvalue weighted by atomic mass is 32.2. The summed E-state index contributed by atoms with van der Waals surface area (Å²) in [4.78, 5) is 12.1. The molecular formula is C13H17N3O3S. The second-order valence-electron chi connectivity index (χ2n) is 5.89. The van der Waals surface area contributed by atoms with Crippen LogP contribution in [0.2, 0.25) is 0 Å². The van der Waals surface area contributed by atoms with Crippen LogP contribution < -0.4 is 4.72 Å². The Morgan fingerprint density at radius 1 is 1.35 bits per heavy atom. The van der Waals surface area contributed by atoms with Crippen LogP contribution in [-0.2, 0) is 10.0 Å². The van der Waals surface area contributed by atoms with Crippen LogP contribution in [0.3, 0.4) is 0 Å². The topological polar surface area (TPSA) is 91.9 Å². The maximum atomic E-state index is 12.1. The van der Waals surface area contributed by atoms with Crippen molar-refractivity contribution in [3.05, 3.63) is 30.0 Å². The lowest BCUT2D eigenvalue weighted by Gasteiger charge is -2.18. The molecule has 0 aliphatic heterocycles. The Bertz CT molecular complexity index is 742. The molecule has 2 rings (SSSR count). The molecular weight excluding hydrogens is 278 g/mol. The molecule has 0 spiro atoms. The van der Waals surface area contributed by atoms with Crippen LogP contribution >= 0.6 is 0 Å². The molecule has 1 amide bonds. The third-order valence-corrected chi connectivity index (χ3v) is 4.33. The van der Waals surface area contributed by atoms with Crippen molar-refractivity contribution in [2.24, 2.45) is 5.41 Å². The van der Waals surface area contributed by atoms with E-state index in [0.29, 0.717) is 5.52 Å². The van der Waals surface area contributed by atoms with Crippen molar-refractivity contribution in [1.82, 2.24) is 14.9 Å². The van der Waals surface area contributed by atoms with Gasteiger partial charge in [0, 0.05) is 5.39 Å². The van der Waals surface area contributed by atoms with Crippen LogP contribution in [0.15, 0.2) is 24.4 Å². The van der Waals surface area contributed by atoms with E-state index in [9.17, 15) is 13.2 Å². The van der Waals surface area contributed by atoms with E-state index in [1.807, 2.05) is 0 Å². The largest absolute Gasteiger partial charge is 0.277 e. The van der Waals surface area contributed by atoms with Gasteiger partial charge in [-0.1, -0.05) is 32.9 Å². The average molecular weight is 295 g/mol. The number of sulfonamides is 1. The Balaban J connectivity index is 2.27. The zero-order chi connectivity index (χ0) is 15.0. The van der Waals surface area contributed by atoms with Gasteiger partial charge in [0.2, 0.25) is 10.0 Å². The average Bonchev–Trinajstić information content (AvgIpc) is 2.71. The summed E-state index contributed by atoms with van der Waals surface area (Å²) in [6, 6.07) is 5.03. The third-order valence-electron chi connectivity index (χ3n) is 2.59. The standard InChI is InChI=1S/C13H17N3O3S/c1-13(2,3)8-20(18,19)16-12(17)10-6-4-5-9-7-14-15-11(9)10/h4-7H,8H2,1-3H3,(H,14,15)(H,16,17). The molecule has 1 heterocycles. The molecule has 0 saturated heterocycles. The Morgan fingerprint density at radius 2 is 2.05 bits per heavy atom. The highest BCUT2D eigenvalue weighted by Crippen LogP contribution is 2.18. The summed E-state index contributed by atoms with van der Waals surface area (Å²) in [5, 5.41) is 7.30. The fraction of sp³-hybridized carbons (Fsp3) is 0.385. The van der Waals surface area contributed by atoms with Gasteiger partial charge in [0.25, 0.3) is 5.91 Å². The molecule has 0 saturated carbocycles. The molecule has 0 aliphatic rings. The molecule has 108 valence electrons. The number of nitrogens with zero attached hydrogens (tertiary/aromatic N) is 1. The van der Waals surface area contributed by atoms with E-state index in [1.165, 1.54) is 0 Å². The van der Waals surface area contributed by atoms with E-state index in [0.717, 1.165) is 5.39 Å². The summed E-state index contributed by atoms with van der Waals surface area (Å²) in [6.07, 6.45) is 1.58. The lowest BCUT2D eigenvalue weighted by molar-refractivity contribution is 0.0982. The molecule has 0 unspecified atom stereocenters. The van der Waals surface area contributed by atoms with Crippen LogP contribution in [0.5, 0.6) is 0 Å². The second kappa shape index (κ2) is 4.90. The molecule has 20 heavy (non-hydrogen) atoms. The number of nitrogens with one attached hydrogen (secondary N) is 2. The maximum absolute atomic E-state index is 12.1. The normalized spacial score (nSPS) is 12.6. The van der Waals surface area contributed by atoms with Crippen LogP contribution in [0.25, 0.3) is 10.9 Å². The number of amides is 1. The minimum Gasteiger partial charge on any atom is -0.277 e. The minimum absolute atomic E-state index is 0.120.